The van der Waals surface area contributed by atoms with E-state index >= 15 is 0 Å². The quantitative estimate of drug-likeness (QED) is 0.906. The number of piperidine rings is 1. The molecule has 0 aromatic heterocycles. The highest BCUT2D eigenvalue weighted by Crippen LogP contribution is 2.31. The van der Waals surface area contributed by atoms with E-state index in [0.29, 0.717) is 23.9 Å². The number of hydrogen-bond acceptors (Lipinski definition) is 2. The van der Waals surface area contributed by atoms with E-state index in [4.69, 9.17) is 0 Å². The van der Waals surface area contributed by atoms with E-state index in [1.54, 1.807) is 7.05 Å². The molecule has 0 aliphatic carbocycles. The van der Waals surface area contributed by atoms with Gasteiger partial charge in [-0.3, -0.25) is 0 Å². The molecule has 0 spiro atoms. The zero-order chi connectivity index (χ0) is 14.0. The van der Waals surface area contributed by atoms with E-state index in [0.717, 1.165) is 19.5 Å². The molecule has 2 unspecified atom stereocenters. The molecule has 0 radical (unpaired) electrons. The van der Waals surface area contributed by atoms with E-state index in [-0.39, 0.29) is 5.69 Å². The molecular weight excluding hydrogens is 246 g/mol. The Hall–Kier alpha value is -1.16. The standard InChI is InChI=1S/C15H22F2N2/c1-10-4-5-19(9-11(10)2)15-13(16)6-12(8-18-3)7-14(15)17/h6-7,10-11,18H,4-5,8-9H2,1-3H3. The van der Waals surface area contributed by atoms with Crippen molar-refractivity contribution >= 4 is 5.69 Å². The van der Waals surface area contributed by atoms with Crippen LogP contribution in [0.15, 0.2) is 12.1 Å². The maximum atomic E-state index is 14.1. The van der Waals surface area contributed by atoms with Gasteiger partial charge in [0.25, 0.3) is 0 Å². The highest BCUT2D eigenvalue weighted by Gasteiger charge is 2.26. The van der Waals surface area contributed by atoms with Crippen LogP contribution in [0.2, 0.25) is 0 Å². The minimum atomic E-state index is -0.452. The van der Waals surface area contributed by atoms with Gasteiger partial charge in [-0.1, -0.05) is 13.8 Å². The zero-order valence-electron chi connectivity index (χ0n) is 11.8. The molecule has 1 fully saturated rings. The van der Waals surface area contributed by atoms with E-state index in [1.165, 1.54) is 12.1 Å². The normalized spacial score (nSPS) is 23.7. The Balaban J connectivity index is 2.25. The molecule has 1 aliphatic heterocycles. The predicted molar refractivity (Wildman–Crippen MR) is 74.3 cm³/mol. The summed E-state index contributed by atoms with van der Waals surface area (Å²) in [5.74, 6) is 0.175. The molecule has 1 aliphatic rings. The van der Waals surface area contributed by atoms with Crippen LogP contribution in [0.1, 0.15) is 25.8 Å². The highest BCUT2D eigenvalue weighted by atomic mass is 19.1. The summed E-state index contributed by atoms with van der Waals surface area (Å²) >= 11 is 0. The van der Waals surface area contributed by atoms with Gasteiger partial charge in [-0.2, -0.15) is 0 Å². The van der Waals surface area contributed by atoms with Crippen molar-refractivity contribution in [3.63, 3.8) is 0 Å². The van der Waals surface area contributed by atoms with E-state index < -0.39 is 11.6 Å². The second-order valence-electron chi connectivity index (χ2n) is 5.63. The molecule has 19 heavy (non-hydrogen) atoms. The average Bonchev–Trinajstić information content (AvgIpc) is 2.33. The molecule has 1 heterocycles. The van der Waals surface area contributed by atoms with Gasteiger partial charge in [0.2, 0.25) is 0 Å². The van der Waals surface area contributed by atoms with Gasteiger partial charge in [0, 0.05) is 19.6 Å². The molecule has 0 saturated carbocycles. The smallest absolute Gasteiger partial charge is 0.149 e. The number of hydrogen-bond donors (Lipinski definition) is 1. The van der Waals surface area contributed by atoms with Crippen LogP contribution in [0, 0.1) is 23.5 Å². The number of benzene rings is 1. The number of nitrogens with one attached hydrogen (secondary N) is 1. The molecule has 4 heteroatoms. The fourth-order valence-electron chi connectivity index (χ4n) is 2.69. The van der Waals surface area contributed by atoms with Crippen LogP contribution in [0.5, 0.6) is 0 Å². The van der Waals surface area contributed by atoms with Gasteiger partial charge in [-0.15, -0.1) is 0 Å². The first-order valence-corrected chi connectivity index (χ1v) is 6.90. The van der Waals surface area contributed by atoms with Crippen molar-refractivity contribution in [2.45, 2.75) is 26.8 Å². The van der Waals surface area contributed by atoms with Crippen LogP contribution < -0.4 is 10.2 Å². The molecular formula is C15H22F2N2. The number of anilines is 1. The third-order valence-electron chi connectivity index (χ3n) is 4.11. The molecule has 0 bridgehead atoms. The summed E-state index contributed by atoms with van der Waals surface area (Å²) in [6, 6.07) is 2.86. The molecule has 2 nitrogen and oxygen atoms in total. The van der Waals surface area contributed by atoms with E-state index in [1.807, 2.05) is 4.90 Å². The summed E-state index contributed by atoms with van der Waals surface area (Å²) in [6.45, 7) is 6.26. The summed E-state index contributed by atoms with van der Waals surface area (Å²) in [5.41, 5.74) is 0.776. The molecule has 1 aromatic rings. The van der Waals surface area contributed by atoms with Crippen molar-refractivity contribution in [1.82, 2.24) is 5.32 Å². The van der Waals surface area contributed by atoms with Gasteiger partial charge in [0.15, 0.2) is 0 Å². The summed E-state index contributed by atoms with van der Waals surface area (Å²) < 4.78 is 28.3. The topological polar surface area (TPSA) is 15.3 Å². The van der Waals surface area contributed by atoms with E-state index in [9.17, 15) is 8.78 Å². The Kier molecular flexibility index (Phi) is 4.40. The predicted octanol–water partition coefficient (Wildman–Crippen LogP) is 3.17. The lowest BCUT2D eigenvalue weighted by Gasteiger charge is -2.37. The van der Waals surface area contributed by atoms with Gasteiger partial charge in [0.1, 0.15) is 17.3 Å². The summed E-state index contributed by atoms with van der Waals surface area (Å²) in [5, 5.41) is 2.90. The maximum absolute atomic E-state index is 14.1. The lowest BCUT2D eigenvalue weighted by molar-refractivity contribution is 0.320. The van der Waals surface area contributed by atoms with Crippen LogP contribution in [0.4, 0.5) is 14.5 Å². The van der Waals surface area contributed by atoms with Gasteiger partial charge in [0.05, 0.1) is 0 Å². The van der Waals surface area contributed by atoms with Crippen LogP contribution in [-0.4, -0.2) is 20.1 Å². The number of halogens is 2. The third kappa shape index (κ3) is 3.06. The van der Waals surface area contributed by atoms with Crippen molar-refractivity contribution in [1.29, 1.82) is 0 Å². The van der Waals surface area contributed by atoms with Crippen molar-refractivity contribution in [2.24, 2.45) is 11.8 Å². The van der Waals surface area contributed by atoms with Gasteiger partial charge in [-0.05, 0) is 43.0 Å². The number of nitrogens with zero attached hydrogens (tertiary/aromatic N) is 1. The minimum Gasteiger partial charge on any atom is -0.367 e. The van der Waals surface area contributed by atoms with Gasteiger partial charge >= 0.3 is 0 Å². The first-order valence-electron chi connectivity index (χ1n) is 6.90. The Bertz CT molecular complexity index is 425. The SMILES string of the molecule is CNCc1cc(F)c(N2CCC(C)C(C)C2)c(F)c1. The lowest BCUT2D eigenvalue weighted by Crippen LogP contribution is -2.39. The molecule has 0 amide bonds. The van der Waals surface area contributed by atoms with Gasteiger partial charge in [-0.25, -0.2) is 8.78 Å². The van der Waals surface area contributed by atoms with Crippen LogP contribution in [0.3, 0.4) is 0 Å². The fourth-order valence-corrected chi connectivity index (χ4v) is 2.69. The van der Waals surface area contributed by atoms with Gasteiger partial charge < -0.3 is 10.2 Å². The van der Waals surface area contributed by atoms with Crippen molar-refractivity contribution in [3.8, 4) is 0 Å². The Morgan fingerprint density at radius 3 is 2.37 bits per heavy atom. The second kappa shape index (κ2) is 5.87. The van der Waals surface area contributed by atoms with Crippen molar-refractivity contribution in [3.05, 3.63) is 29.3 Å². The van der Waals surface area contributed by atoms with Crippen molar-refractivity contribution < 1.29 is 8.78 Å². The Morgan fingerprint density at radius 2 is 1.84 bits per heavy atom. The molecule has 2 rings (SSSR count). The molecule has 1 saturated heterocycles. The zero-order valence-corrected chi connectivity index (χ0v) is 11.8. The monoisotopic (exact) mass is 268 g/mol. The first-order chi connectivity index (χ1) is 9.02. The highest BCUT2D eigenvalue weighted by molar-refractivity contribution is 5.51. The molecule has 106 valence electrons. The Labute approximate surface area is 113 Å². The third-order valence-corrected chi connectivity index (χ3v) is 4.11. The Morgan fingerprint density at radius 1 is 1.21 bits per heavy atom. The second-order valence-corrected chi connectivity index (χ2v) is 5.63. The number of rotatable bonds is 3. The van der Waals surface area contributed by atoms with Crippen LogP contribution in [-0.2, 0) is 6.54 Å². The average molecular weight is 268 g/mol. The van der Waals surface area contributed by atoms with Crippen LogP contribution >= 0.6 is 0 Å². The summed E-state index contributed by atoms with van der Waals surface area (Å²) in [4.78, 5) is 1.85. The molecule has 2 atom stereocenters. The molecule has 1 aromatic carbocycles. The summed E-state index contributed by atoms with van der Waals surface area (Å²) in [7, 11) is 1.76. The minimum absolute atomic E-state index is 0.138. The largest absolute Gasteiger partial charge is 0.367 e. The fraction of sp³-hybridized carbons (Fsp3) is 0.600. The molecule has 1 N–H and O–H groups in total. The summed E-state index contributed by atoms with van der Waals surface area (Å²) in [6.07, 6.45) is 0.984. The van der Waals surface area contributed by atoms with Crippen LogP contribution in [0.25, 0.3) is 0 Å². The lowest BCUT2D eigenvalue weighted by atomic mass is 9.88. The van der Waals surface area contributed by atoms with E-state index in [2.05, 4.69) is 19.2 Å². The first kappa shape index (κ1) is 14.3. The maximum Gasteiger partial charge on any atom is 0.149 e. The van der Waals surface area contributed by atoms with Crippen molar-refractivity contribution in [2.75, 3.05) is 25.0 Å².